The molecule has 5 aromatic rings. The van der Waals surface area contributed by atoms with Crippen molar-refractivity contribution in [2.75, 3.05) is 11.9 Å². The van der Waals surface area contributed by atoms with Gasteiger partial charge in [-0.2, -0.15) is 0 Å². The third-order valence-electron chi connectivity index (χ3n) is 9.95. The number of carbonyl (C=O) groups excluding carboxylic acids is 1. The Morgan fingerprint density at radius 3 is 2.74 bits per heavy atom. The average molecular weight is 672 g/mol. The van der Waals surface area contributed by atoms with Crippen molar-refractivity contribution in [3.8, 4) is 5.75 Å². The number of nitrogens with one attached hydrogen (secondary N) is 1. The van der Waals surface area contributed by atoms with E-state index < -0.39 is 29.2 Å². The number of ether oxygens (including phenoxy) is 1. The number of aromatic nitrogens is 2. The van der Waals surface area contributed by atoms with Crippen molar-refractivity contribution < 1.29 is 23.8 Å². The van der Waals surface area contributed by atoms with E-state index in [1.54, 1.807) is 42.5 Å². The highest BCUT2D eigenvalue weighted by Crippen LogP contribution is 2.60. The van der Waals surface area contributed by atoms with Gasteiger partial charge in [-0.1, -0.05) is 53.5 Å². The fourth-order valence-electron chi connectivity index (χ4n) is 8.11. The van der Waals surface area contributed by atoms with E-state index >= 15 is 4.39 Å². The number of rotatable bonds is 6. The van der Waals surface area contributed by atoms with E-state index in [9.17, 15) is 14.7 Å². The third kappa shape index (κ3) is 4.55. The van der Waals surface area contributed by atoms with E-state index in [2.05, 4.69) is 14.8 Å². The number of carboxylic acids is 1. The van der Waals surface area contributed by atoms with Gasteiger partial charge in [0.05, 0.1) is 28.2 Å². The molecule has 3 aliphatic rings. The van der Waals surface area contributed by atoms with Gasteiger partial charge >= 0.3 is 5.97 Å². The predicted octanol–water partition coefficient (Wildman–Crippen LogP) is 7.28. The van der Waals surface area contributed by atoms with Crippen molar-refractivity contribution in [2.45, 2.75) is 49.9 Å². The zero-order valence-corrected chi connectivity index (χ0v) is 26.7. The molecule has 4 atom stereocenters. The third-order valence-corrected chi connectivity index (χ3v) is 10.5. The summed E-state index contributed by atoms with van der Waals surface area (Å²) in [5, 5.41) is 13.3. The van der Waals surface area contributed by atoms with Crippen molar-refractivity contribution in [1.82, 2.24) is 14.5 Å². The quantitative estimate of drug-likeness (QED) is 0.197. The summed E-state index contributed by atoms with van der Waals surface area (Å²) >= 11 is 12.8. The number of carboxylic acid groups (broad SMARTS) is 1. The van der Waals surface area contributed by atoms with Gasteiger partial charge in [0.25, 0.3) is 0 Å². The number of amides is 1. The summed E-state index contributed by atoms with van der Waals surface area (Å²) in [6, 6.07) is 22.8. The second-order valence-electron chi connectivity index (χ2n) is 12.4. The molecule has 0 radical (unpaired) electrons. The average Bonchev–Trinajstić information content (AvgIpc) is 3.66. The van der Waals surface area contributed by atoms with Gasteiger partial charge in [0.1, 0.15) is 22.9 Å². The lowest BCUT2D eigenvalue weighted by atomic mass is 9.69. The number of likely N-dealkylation sites (tertiary alicyclic amines) is 1. The lowest BCUT2D eigenvalue weighted by Gasteiger charge is -2.46. The number of nitrogens with zero attached hydrogens (tertiary/aromatic N) is 3. The van der Waals surface area contributed by atoms with E-state index in [0.717, 1.165) is 22.4 Å². The first-order valence-electron chi connectivity index (χ1n) is 15.5. The Balaban J connectivity index is 1.37. The van der Waals surface area contributed by atoms with Gasteiger partial charge in [-0.15, -0.1) is 0 Å². The fraction of sp³-hybridized carbons (Fsp3) is 0.250. The lowest BCUT2D eigenvalue weighted by Crippen LogP contribution is -2.61. The summed E-state index contributed by atoms with van der Waals surface area (Å²) in [6.45, 7) is 3.28. The summed E-state index contributed by atoms with van der Waals surface area (Å²) in [6.07, 6.45) is 0.295. The van der Waals surface area contributed by atoms with Crippen molar-refractivity contribution in [2.24, 2.45) is 0 Å². The first kappa shape index (κ1) is 29.9. The summed E-state index contributed by atoms with van der Waals surface area (Å²) in [4.78, 5) is 33.8. The molecule has 238 valence electrons. The standard InChI is InChI=1S/C36H29Cl2FN4O4/c1-2-47-23-6-3-5-19(13-23)17-43-29-18-42-28-12-10-20(34(44)45)14-27(28)40-33(42)30(29)31(24-7-4-8-25(38)32(24)39)36(43)16-21-9-11-22(37)15-26(21)41-35(36)46/h3-15,29-31H,2,16-18H2,1H3,(H,41,46)(H,44,45)/t29-,30+,31-,36+/m0/s1. The predicted molar refractivity (Wildman–Crippen MR) is 177 cm³/mol. The number of anilines is 1. The molecule has 3 aliphatic heterocycles. The van der Waals surface area contributed by atoms with Crippen LogP contribution in [-0.4, -0.2) is 49.6 Å². The lowest BCUT2D eigenvalue weighted by molar-refractivity contribution is -0.129. The molecular formula is C36H29Cl2FN4O4. The van der Waals surface area contributed by atoms with Crippen LogP contribution in [0.15, 0.2) is 78.9 Å². The number of fused-ring (bicyclic) bond motifs is 6. The number of halogens is 3. The van der Waals surface area contributed by atoms with Crippen molar-refractivity contribution in [3.63, 3.8) is 0 Å². The Morgan fingerprint density at radius 1 is 1.11 bits per heavy atom. The van der Waals surface area contributed by atoms with Crippen molar-refractivity contribution in [1.29, 1.82) is 0 Å². The Labute approximate surface area is 279 Å². The highest BCUT2D eigenvalue weighted by Gasteiger charge is 2.67. The maximum absolute atomic E-state index is 16.3. The molecule has 11 heteroatoms. The van der Waals surface area contributed by atoms with Gasteiger partial charge in [-0.05, 0) is 72.1 Å². The topological polar surface area (TPSA) is 96.7 Å². The van der Waals surface area contributed by atoms with Gasteiger partial charge in [-0.3, -0.25) is 9.69 Å². The van der Waals surface area contributed by atoms with E-state index in [1.165, 1.54) is 6.07 Å². The first-order chi connectivity index (χ1) is 22.7. The summed E-state index contributed by atoms with van der Waals surface area (Å²) < 4.78 is 24.2. The summed E-state index contributed by atoms with van der Waals surface area (Å²) in [5.41, 5.74) is 2.98. The Morgan fingerprint density at radius 2 is 1.94 bits per heavy atom. The van der Waals surface area contributed by atoms with Crippen LogP contribution in [0.5, 0.6) is 5.75 Å². The van der Waals surface area contributed by atoms with Crippen LogP contribution in [0.25, 0.3) is 11.0 Å². The van der Waals surface area contributed by atoms with Crippen LogP contribution < -0.4 is 10.1 Å². The van der Waals surface area contributed by atoms with Gasteiger partial charge < -0.3 is 19.7 Å². The minimum atomic E-state index is -1.25. The number of hydrogen-bond donors (Lipinski definition) is 2. The molecule has 2 N–H and O–H groups in total. The highest BCUT2D eigenvalue weighted by atomic mass is 35.5. The zero-order chi connectivity index (χ0) is 32.6. The molecule has 1 fully saturated rings. The number of imidazole rings is 1. The molecule has 4 aromatic carbocycles. The molecule has 4 heterocycles. The molecule has 0 aliphatic carbocycles. The molecule has 0 saturated carbocycles. The van der Waals surface area contributed by atoms with Crippen LogP contribution in [0.1, 0.15) is 51.6 Å². The molecule has 0 bridgehead atoms. The fourth-order valence-corrected chi connectivity index (χ4v) is 8.46. The molecule has 47 heavy (non-hydrogen) atoms. The number of aromatic carboxylic acids is 1. The van der Waals surface area contributed by atoms with Crippen molar-refractivity contribution >= 4 is 51.8 Å². The van der Waals surface area contributed by atoms with Crippen molar-refractivity contribution in [3.05, 3.63) is 123 Å². The van der Waals surface area contributed by atoms with Crippen LogP contribution in [0.4, 0.5) is 10.1 Å². The Bertz CT molecular complexity index is 2120. The van der Waals surface area contributed by atoms with E-state index in [0.29, 0.717) is 53.7 Å². The Hall–Kier alpha value is -4.44. The molecule has 8 rings (SSSR count). The number of benzene rings is 4. The van der Waals surface area contributed by atoms with E-state index in [4.69, 9.17) is 32.9 Å². The molecule has 1 saturated heterocycles. The molecule has 8 nitrogen and oxygen atoms in total. The maximum atomic E-state index is 16.3. The minimum Gasteiger partial charge on any atom is -0.494 e. The van der Waals surface area contributed by atoms with Gasteiger partial charge in [-0.25, -0.2) is 14.2 Å². The molecule has 1 amide bonds. The van der Waals surface area contributed by atoms with Gasteiger partial charge in [0.2, 0.25) is 5.91 Å². The smallest absolute Gasteiger partial charge is 0.335 e. The minimum absolute atomic E-state index is 0.0296. The van der Waals surface area contributed by atoms with Crippen LogP contribution >= 0.6 is 23.2 Å². The van der Waals surface area contributed by atoms with Crippen LogP contribution in [-0.2, 0) is 24.3 Å². The zero-order valence-electron chi connectivity index (χ0n) is 25.2. The second kappa shape index (κ2) is 11.1. The van der Waals surface area contributed by atoms with Gasteiger partial charge in [0, 0.05) is 48.1 Å². The normalized spacial score (nSPS) is 23.1. The SMILES string of the molecule is CCOc1cccc(CN2[C@H]3Cn4c(nc5cc(C(=O)O)ccc54)[C@H]3[C@H](c3cccc(Cl)c3F)[C@@]23Cc2ccc(Cl)cc2NC3=O)c1. The molecule has 1 aromatic heterocycles. The Kier molecular flexibility index (Phi) is 7.05. The molecule has 0 unspecified atom stereocenters. The monoisotopic (exact) mass is 670 g/mol. The van der Waals surface area contributed by atoms with Crippen LogP contribution in [0.3, 0.4) is 0 Å². The molecular weight excluding hydrogens is 642 g/mol. The van der Waals surface area contributed by atoms with Crippen LogP contribution in [0.2, 0.25) is 10.0 Å². The number of hydrogen-bond acceptors (Lipinski definition) is 5. The van der Waals surface area contributed by atoms with E-state index in [1.807, 2.05) is 37.3 Å². The van der Waals surface area contributed by atoms with E-state index in [-0.39, 0.29) is 22.5 Å². The molecule has 1 spiro atoms. The largest absolute Gasteiger partial charge is 0.494 e. The van der Waals surface area contributed by atoms with Crippen LogP contribution in [0, 0.1) is 5.82 Å². The summed E-state index contributed by atoms with van der Waals surface area (Å²) in [7, 11) is 0. The summed E-state index contributed by atoms with van der Waals surface area (Å²) in [5.74, 6) is -1.62. The van der Waals surface area contributed by atoms with Gasteiger partial charge in [0.15, 0.2) is 0 Å². The highest BCUT2D eigenvalue weighted by molar-refractivity contribution is 6.31. The maximum Gasteiger partial charge on any atom is 0.335 e. The second-order valence-corrected chi connectivity index (χ2v) is 13.2. The first-order valence-corrected chi connectivity index (χ1v) is 16.2. The number of carbonyl (C=O) groups is 2.